The van der Waals surface area contributed by atoms with E-state index in [0.717, 1.165) is 0 Å². The molecule has 1 rings (SSSR count). The molecule has 1 N–H and O–H groups in total. The Kier molecular flexibility index (Phi) is 2.87. The number of hydrogen-bond acceptors (Lipinski definition) is 3. The van der Waals surface area contributed by atoms with Crippen molar-refractivity contribution < 1.29 is 8.78 Å². The monoisotopic (exact) mass is 187 g/mol. The maximum Gasteiger partial charge on any atom is 0.261 e. The fraction of sp³-hybridized carbons (Fsp3) is 0.500. The average Bonchev–Trinajstić information content (AvgIpc) is 2.17. The molecule has 1 heterocycles. The third kappa shape index (κ3) is 1.80. The molecule has 1 aromatic heterocycles. The predicted molar refractivity (Wildman–Crippen MR) is 44.4 cm³/mol. The zero-order valence-electron chi connectivity index (χ0n) is 7.46. The van der Waals surface area contributed by atoms with E-state index in [0.29, 0.717) is 0 Å². The second-order valence-corrected chi connectivity index (χ2v) is 2.84. The average molecular weight is 187 g/mol. The van der Waals surface area contributed by atoms with E-state index in [1.54, 1.807) is 0 Å². The molecular formula is C8H11F2N3. The van der Waals surface area contributed by atoms with E-state index in [-0.39, 0.29) is 5.69 Å². The molecule has 3 nitrogen and oxygen atoms in total. The van der Waals surface area contributed by atoms with Crippen LogP contribution < -0.4 is 5.32 Å². The third-order valence-electron chi connectivity index (χ3n) is 2.05. The number of halogens is 2. The van der Waals surface area contributed by atoms with Crippen LogP contribution >= 0.6 is 0 Å². The molecule has 1 atom stereocenters. The molecule has 0 saturated carbocycles. The van der Waals surface area contributed by atoms with Crippen molar-refractivity contribution in [3.05, 3.63) is 24.3 Å². The summed E-state index contributed by atoms with van der Waals surface area (Å²) in [4.78, 5) is 7.58. The number of alkyl halides is 2. The lowest BCUT2D eigenvalue weighted by Crippen LogP contribution is -2.44. The normalized spacial score (nSPS) is 15.8. The van der Waals surface area contributed by atoms with Crippen molar-refractivity contribution in [2.75, 3.05) is 7.05 Å². The second kappa shape index (κ2) is 3.74. The van der Waals surface area contributed by atoms with E-state index >= 15 is 0 Å². The summed E-state index contributed by atoms with van der Waals surface area (Å²) < 4.78 is 25.3. The Morgan fingerprint density at radius 2 is 2.15 bits per heavy atom. The summed E-state index contributed by atoms with van der Waals surface area (Å²) in [7, 11) is 1.47. The summed E-state index contributed by atoms with van der Waals surface area (Å²) in [5.74, 6) is 0. The third-order valence-corrected chi connectivity index (χ3v) is 2.05. The standard InChI is InChI=1S/C8H11F2N3/c1-8(11-2,7(9)10)6-5-12-3-4-13-6/h3-5,7,11H,1-2H3. The van der Waals surface area contributed by atoms with Gasteiger partial charge in [0.25, 0.3) is 6.43 Å². The Balaban J connectivity index is 3.03. The van der Waals surface area contributed by atoms with Crippen molar-refractivity contribution in [1.82, 2.24) is 15.3 Å². The zero-order valence-corrected chi connectivity index (χ0v) is 7.46. The Morgan fingerprint density at radius 3 is 2.54 bits per heavy atom. The van der Waals surface area contributed by atoms with Gasteiger partial charge in [-0.05, 0) is 14.0 Å². The fourth-order valence-corrected chi connectivity index (χ4v) is 0.916. The van der Waals surface area contributed by atoms with Crippen LogP contribution in [0.25, 0.3) is 0 Å². The van der Waals surface area contributed by atoms with Gasteiger partial charge >= 0.3 is 0 Å². The minimum Gasteiger partial charge on any atom is -0.305 e. The Morgan fingerprint density at radius 1 is 1.46 bits per heavy atom. The maximum atomic E-state index is 12.6. The topological polar surface area (TPSA) is 37.8 Å². The summed E-state index contributed by atoms with van der Waals surface area (Å²) in [6.07, 6.45) is 1.66. The van der Waals surface area contributed by atoms with E-state index in [1.165, 1.54) is 32.6 Å². The molecule has 0 spiro atoms. The quantitative estimate of drug-likeness (QED) is 0.772. The van der Waals surface area contributed by atoms with Crippen LogP contribution in [-0.4, -0.2) is 23.4 Å². The molecule has 0 aliphatic rings. The number of nitrogens with one attached hydrogen (secondary N) is 1. The summed E-state index contributed by atoms with van der Waals surface area (Å²) >= 11 is 0. The molecule has 72 valence electrons. The highest BCUT2D eigenvalue weighted by Crippen LogP contribution is 2.24. The lowest BCUT2D eigenvalue weighted by atomic mass is 9.99. The van der Waals surface area contributed by atoms with E-state index in [9.17, 15) is 8.78 Å². The molecule has 0 amide bonds. The first kappa shape index (κ1) is 9.98. The molecule has 1 aromatic rings. The van der Waals surface area contributed by atoms with Gasteiger partial charge in [0.2, 0.25) is 0 Å². The smallest absolute Gasteiger partial charge is 0.261 e. The van der Waals surface area contributed by atoms with Gasteiger partial charge in [0.05, 0.1) is 11.9 Å². The van der Waals surface area contributed by atoms with Crippen molar-refractivity contribution >= 4 is 0 Å². The van der Waals surface area contributed by atoms with Gasteiger partial charge in [0, 0.05) is 12.4 Å². The van der Waals surface area contributed by atoms with Gasteiger partial charge in [-0.25, -0.2) is 8.78 Å². The van der Waals surface area contributed by atoms with Gasteiger partial charge in [0.15, 0.2) is 0 Å². The summed E-state index contributed by atoms with van der Waals surface area (Å²) in [5, 5.41) is 2.54. The van der Waals surface area contributed by atoms with E-state index in [2.05, 4.69) is 15.3 Å². The van der Waals surface area contributed by atoms with Crippen LogP contribution in [0.3, 0.4) is 0 Å². The zero-order chi connectivity index (χ0) is 9.90. The molecule has 0 aliphatic carbocycles. The second-order valence-electron chi connectivity index (χ2n) is 2.84. The van der Waals surface area contributed by atoms with Crippen LogP contribution in [0, 0.1) is 0 Å². The van der Waals surface area contributed by atoms with E-state index in [4.69, 9.17) is 0 Å². The first-order valence-corrected chi connectivity index (χ1v) is 3.85. The van der Waals surface area contributed by atoms with Gasteiger partial charge in [-0.15, -0.1) is 0 Å². The molecule has 1 unspecified atom stereocenters. The number of aromatic nitrogens is 2. The summed E-state index contributed by atoms with van der Waals surface area (Å²) in [6.45, 7) is 1.39. The minimum absolute atomic E-state index is 0.243. The highest BCUT2D eigenvalue weighted by atomic mass is 19.3. The van der Waals surface area contributed by atoms with Crippen LogP contribution in [0.4, 0.5) is 8.78 Å². The molecule has 0 saturated heterocycles. The van der Waals surface area contributed by atoms with Crippen LogP contribution in [0.2, 0.25) is 0 Å². The molecule has 5 heteroatoms. The van der Waals surface area contributed by atoms with Crippen molar-refractivity contribution in [2.24, 2.45) is 0 Å². The van der Waals surface area contributed by atoms with Crippen LogP contribution in [-0.2, 0) is 5.54 Å². The number of hydrogen-bond donors (Lipinski definition) is 1. The highest BCUT2D eigenvalue weighted by molar-refractivity contribution is 5.11. The van der Waals surface area contributed by atoms with E-state index in [1.807, 2.05) is 0 Å². The molecule has 0 aliphatic heterocycles. The molecule has 0 aromatic carbocycles. The van der Waals surface area contributed by atoms with Crippen molar-refractivity contribution in [2.45, 2.75) is 18.9 Å². The van der Waals surface area contributed by atoms with Gasteiger partial charge in [-0.3, -0.25) is 9.97 Å². The Hall–Kier alpha value is -1.10. The summed E-state index contributed by atoms with van der Waals surface area (Å²) in [6, 6.07) is 0. The van der Waals surface area contributed by atoms with Gasteiger partial charge < -0.3 is 5.32 Å². The largest absolute Gasteiger partial charge is 0.305 e. The van der Waals surface area contributed by atoms with E-state index < -0.39 is 12.0 Å². The Bertz CT molecular complexity index is 265. The minimum atomic E-state index is -2.52. The first-order chi connectivity index (χ1) is 6.11. The van der Waals surface area contributed by atoms with Crippen LogP contribution in [0.15, 0.2) is 18.6 Å². The summed E-state index contributed by atoms with van der Waals surface area (Å²) in [5.41, 5.74) is -1.18. The highest BCUT2D eigenvalue weighted by Gasteiger charge is 2.36. The van der Waals surface area contributed by atoms with Crippen LogP contribution in [0.1, 0.15) is 12.6 Å². The van der Waals surface area contributed by atoms with Crippen molar-refractivity contribution in [3.63, 3.8) is 0 Å². The molecule has 0 radical (unpaired) electrons. The van der Waals surface area contributed by atoms with Gasteiger partial charge in [-0.1, -0.05) is 0 Å². The molecular weight excluding hydrogens is 176 g/mol. The van der Waals surface area contributed by atoms with Gasteiger partial charge in [0.1, 0.15) is 5.54 Å². The molecule has 0 fully saturated rings. The SMILES string of the molecule is CNC(C)(c1cnccn1)C(F)F. The molecule has 13 heavy (non-hydrogen) atoms. The van der Waals surface area contributed by atoms with Crippen LogP contribution in [0.5, 0.6) is 0 Å². The predicted octanol–water partition coefficient (Wildman–Crippen LogP) is 1.18. The Labute approximate surface area is 75.2 Å². The number of nitrogens with zero attached hydrogens (tertiary/aromatic N) is 2. The lowest BCUT2D eigenvalue weighted by Gasteiger charge is -2.26. The maximum absolute atomic E-state index is 12.6. The van der Waals surface area contributed by atoms with Crippen molar-refractivity contribution in [3.8, 4) is 0 Å². The molecule has 0 bridgehead atoms. The number of rotatable bonds is 3. The lowest BCUT2D eigenvalue weighted by molar-refractivity contribution is 0.0404. The first-order valence-electron chi connectivity index (χ1n) is 3.85. The van der Waals surface area contributed by atoms with Crippen molar-refractivity contribution in [1.29, 1.82) is 0 Å². The van der Waals surface area contributed by atoms with Gasteiger partial charge in [-0.2, -0.15) is 0 Å². The fourth-order valence-electron chi connectivity index (χ4n) is 0.916.